The maximum absolute atomic E-state index is 12.7. The third kappa shape index (κ3) is 4.40. The van der Waals surface area contributed by atoms with Gasteiger partial charge in [0.15, 0.2) is 5.69 Å². The number of aryl methyl sites for hydroxylation is 3. The van der Waals surface area contributed by atoms with Crippen LogP contribution in [-0.2, 0) is 19.5 Å². The van der Waals surface area contributed by atoms with Crippen molar-refractivity contribution in [3.8, 4) is 10.6 Å². The maximum atomic E-state index is 12.7. The zero-order valence-corrected chi connectivity index (χ0v) is 18.5. The van der Waals surface area contributed by atoms with Gasteiger partial charge < -0.3 is 5.32 Å². The molecule has 4 rings (SSSR count). The number of fused-ring (bicyclic) bond motifs is 1. The molecule has 4 heterocycles. The summed E-state index contributed by atoms with van der Waals surface area (Å²) in [5, 5.41) is 14.7. The third-order valence-electron chi connectivity index (χ3n) is 5.49. The molecule has 1 unspecified atom stereocenters. The predicted octanol–water partition coefficient (Wildman–Crippen LogP) is 2.99. The molecule has 0 saturated heterocycles. The van der Waals surface area contributed by atoms with E-state index in [0.29, 0.717) is 37.5 Å². The molecule has 30 heavy (non-hydrogen) atoms. The molecule has 1 atom stereocenters. The van der Waals surface area contributed by atoms with Gasteiger partial charge in [0.2, 0.25) is 0 Å². The lowest BCUT2D eigenvalue weighted by Crippen LogP contribution is -2.36. The van der Waals surface area contributed by atoms with E-state index >= 15 is 0 Å². The highest BCUT2D eigenvalue weighted by molar-refractivity contribution is 7.15. The summed E-state index contributed by atoms with van der Waals surface area (Å²) in [6, 6.07) is 5.85. The van der Waals surface area contributed by atoms with Crippen molar-refractivity contribution in [2.75, 3.05) is 0 Å². The number of aromatic amines is 1. The zero-order chi connectivity index (χ0) is 21.3. The minimum Gasteiger partial charge on any atom is -0.348 e. The molecule has 3 aromatic heterocycles. The lowest BCUT2D eigenvalue weighted by molar-refractivity contribution is 0.0927. The Balaban J connectivity index is 1.38. The normalized spacial score (nSPS) is 16.5. The Kier molecular flexibility index (Phi) is 5.90. The topological polar surface area (TPSA) is 97.6 Å². The van der Waals surface area contributed by atoms with Gasteiger partial charge in [-0.05, 0) is 50.3 Å². The largest absolute Gasteiger partial charge is 0.348 e. The van der Waals surface area contributed by atoms with E-state index in [2.05, 4.69) is 34.5 Å². The van der Waals surface area contributed by atoms with Crippen LogP contribution >= 0.6 is 11.3 Å². The standard InChI is InChI=1S/C21H28N6O2S/c1-13(2)8-11-27-21(29)26-10-9-15(5-7-19(26)25-27)22-20(28)17-12-16(23-24-17)18-6-4-14(3)30-18/h4,6,12-13,15H,5,7-11H2,1-3H3,(H,22,28)(H,23,24). The molecule has 1 aliphatic heterocycles. The quantitative estimate of drug-likeness (QED) is 0.631. The fraction of sp³-hybridized carbons (Fsp3) is 0.524. The summed E-state index contributed by atoms with van der Waals surface area (Å²) in [6.07, 6.45) is 3.07. The predicted molar refractivity (Wildman–Crippen MR) is 117 cm³/mol. The Labute approximate surface area is 179 Å². The number of hydrogen-bond donors (Lipinski definition) is 2. The highest BCUT2D eigenvalue weighted by Gasteiger charge is 2.23. The summed E-state index contributed by atoms with van der Waals surface area (Å²) in [4.78, 5) is 27.6. The monoisotopic (exact) mass is 428 g/mol. The van der Waals surface area contributed by atoms with Gasteiger partial charge in [-0.25, -0.2) is 9.48 Å². The molecule has 0 aromatic carbocycles. The number of nitrogens with zero attached hydrogens (tertiary/aromatic N) is 4. The van der Waals surface area contributed by atoms with E-state index in [-0.39, 0.29) is 17.6 Å². The van der Waals surface area contributed by atoms with Crippen LogP contribution in [0.5, 0.6) is 0 Å². The minimum absolute atomic E-state index is 0.00755. The van der Waals surface area contributed by atoms with E-state index in [1.165, 1.54) is 4.88 Å². The van der Waals surface area contributed by atoms with Crippen molar-refractivity contribution in [2.45, 2.75) is 65.6 Å². The Morgan fingerprint density at radius 1 is 1.37 bits per heavy atom. The van der Waals surface area contributed by atoms with Crippen molar-refractivity contribution in [1.29, 1.82) is 0 Å². The fourth-order valence-corrected chi connectivity index (χ4v) is 4.54. The fourth-order valence-electron chi connectivity index (χ4n) is 3.70. The average molecular weight is 429 g/mol. The van der Waals surface area contributed by atoms with Crippen LogP contribution in [0.15, 0.2) is 23.0 Å². The van der Waals surface area contributed by atoms with Crippen molar-refractivity contribution in [3.63, 3.8) is 0 Å². The van der Waals surface area contributed by atoms with E-state index in [1.807, 2.05) is 19.1 Å². The second kappa shape index (κ2) is 8.59. The summed E-state index contributed by atoms with van der Waals surface area (Å²) in [7, 11) is 0. The smallest absolute Gasteiger partial charge is 0.345 e. The molecule has 1 amide bonds. The molecule has 9 heteroatoms. The number of amides is 1. The minimum atomic E-state index is -0.190. The first kappa shape index (κ1) is 20.6. The molecule has 0 saturated carbocycles. The van der Waals surface area contributed by atoms with Crippen LogP contribution in [0.2, 0.25) is 0 Å². The van der Waals surface area contributed by atoms with Crippen LogP contribution < -0.4 is 11.0 Å². The van der Waals surface area contributed by atoms with Crippen LogP contribution in [0.25, 0.3) is 10.6 Å². The molecular formula is C21H28N6O2S. The number of H-pyrrole nitrogens is 1. The molecule has 1 aliphatic rings. The van der Waals surface area contributed by atoms with Gasteiger partial charge in [0.25, 0.3) is 5.91 Å². The average Bonchev–Trinajstić information content (AvgIpc) is 3.39. The van der Waals surface area contributed by atoms with Gasteiger partial charge in [-0.15, -0.1) is 11.3 Å². The molecule has 0 bridgehead atoms. The Morgan fingerprint density at radius 3 is 2.93 bits per heavy atom. The number of aromatic nitrogens is 5. The van der Waals surface area contributed by atoms with Crippen molar-refractivity contribution in [2.24, 2.45) is 5.92 Å². The summed E-state index contributed by atoms with van der Waals surface area (Å²) in [5.41, 5.74) is 1.19. The first-order chi connectivity index (χ1) is 14.4. The second-order valence-electron chi connectivity index (χ2n) is 8.33. The lowest BCUT2D eigenvalue weighted by atomic mass is 10.1. The zero-order valence-electron chi connectivity index (χ0n) is 17.6. The van der Waals surface area contributed by atoms with Crippen molar-refractivity contribution >= 4 is 17.2 Å². The summed E-state index contributed by atoms with van der Waals surface area (Å²) < 4.78 is 3.35. The summed E-state index contributed by atoms with van der Waals surface area (Å²) in [6.45, 7) is 7.56. The molecule has 0 spiro atoms. The van der Waals surface area contributed by atoms with Crippen LogP contribution in [0.3, 0.4) is 0 Å². The van der Waals surface area contributed by atoms with Gasteiger partial charge in [0.1, 0.15) is 5.82 Å². The lowest BCUT2D eigenvalue weighted by Gasteiger charge is -2.15. The molecule has 2 N–H and O–H groups in total. The number of hydrogen-bond acceptors (Lipinski definition) is 5. The summed E-state index contributed by atoms with van der Waals surface area (Å²) in [5.74, 6) is 1.16. The van der Waals surface area contributed by atoms with Gasteiger partial charge in [-0.3, -0.25) is 14.5 Å². The van der Waals surface area contributed by atoms with E-state index in [1.54, 1.807) is 26.7 Å². The van der Waals surface area contributed by atoms with E-state index in [9.17, 15) is 9.59 Å². The van der Waals surface area contributed by atoms with Crippen molar-refractivity contribution < 1.29 is 4.79 Å². The van der Waals surface area contributed by atoms with Gasteiger partial charge in [0, 0.05) is 30.4 Å². The van der Waals surface area contributed by atoms with Gasteiger partial charge in [-0.2, -0.15) is 10.2 Å². The number of nitrogens with one attached hydrogen (secondary N) is 2. The highest BCUT2D eigenvalue weighted by atomic mass is 32.1. The van der Waals surface area contributed by atoms with E-state index in [4.69, 9.17) is 0 Å². The maximum Gasteiger partial charge on any atom is 0.345 e. The van der Waals surface area contributed by atoms with Crippen molar-refractivity contribution in [1.82, 2.24) is 29.9 Å². The Hall–Kier alpha value is -2.68. The number of thiophene rings is 1. The van der Waals surface area contributed by atoms with E-state index in [0.717, 1.165) is 29.2 Å². The Morgan fingerprint density at radius 2 is 2.20 bits per heavy atom. The first-order valence-electron chi connectivity index (χ1n) is 10.5. The second-order valence-corrected chi connectivity index (χ2v) is 9.62. The molecular weight excluding hydrogens is 400 g/mol. The molecule has 3 aromatic rings. The SMILES string of the molecule is Cc1ccc(-c2cc(C(=O)NC3CCc4nn(CCC(C)C)c(=O)n4CC3)n[nH]2)s1. The van der Waals surface area contributed by atoms with Gasteiger partial charge in [-0.1, -0.05) is 13.8 Å². The Bertz CT molecular complexity index is 1090. The van der Waals surface area contributed by atoms with E-state index < -0.39 is 0 Å². The van der Waals surface area contributed by atoms with Crippen LogP contribution in [-0.4, -0.2) is 36.5 Å². The van der Waals surface area contributed by atoms with Gasteiger partial charge >= 0.3 is 5.69 Å². The molecule has 160 valence electrons. The molecule has 0 aliphatic carbocycles. The summed E-state index contributed by atoms with van der Waals surface area (Å²) >= 11 is 1.66. The number of rotatable bonds is 6. The molecule has 8 nitrogen and oxygen atoms in total. The highest BCUT2D eigenvalue weighted by Crippen LogP contribution is 2.26. The van der Waals surface area contributed by atoms with Crippen LogP contribution in [0.1, 0.15) is 54.3 Å². The molecule has 0 radical (unpaired) electrons. The van der Waals surface area contributed by atoms with Gasteiger partial charge in [0.05, 0.1) is 10.6 Å². The third-order valence-corrected chi connectivity index (χ3v) is 6.52. The number of carbonyl (C=O) groups excluding carboxylic acids is 1. The van der Waals surface area contributed by atoms with Crippen LogP contribution in [0.4, 0.5) is 0 Å². The number of carbonyl (C=O) groups is 1. The molecule has 0 fully saturated rings. The first-order valence-corrected chi connectivity index (χ1v) is 11.3. The van der Waals surface area contributed by atoms with Crippen LogP contribution in [0, 0.1) is 12.8 Å². The van der Waals surface area contributed by atoms with Crippen molar-refractivity contribution in [3.05, 3.63) is 45.1 Å².